The van der Waals surface area contributed by atoms with Crippen molar-refractivity contribution < 1.29 is 14.3 Å². The summed E-state index contributed by atoms with van der Waals surface area (Å²) in [6, 6.07) is 3.57. The number of likely N-dealkylation sites (tertiary alicyclic amines) is 1. The molecule has 2 fully saturated rings. The summed E-state index contributed by atoms with van der Waals surface area (Å²) in [7, 11) is 0. The molecule has 3 amide bonds. The van der Waals surface area contributed by atoms with Gasteiger partial charge in [0.1, 0.15) is 0 Å². The van der Waals surface area contributed by atoms with Crippen LogP contribution in [-0.2, 0) is 0 Å². The van der Waals surface area contributed by atoms with Crippen LogP contribution in [0.4, 0.5) is 4.79 Å². The Labute approximate surface area is 171 Å². The first-order valence-corrected chi connectivity index (χ1v) is 10.6. The molecule has 1 saturated heterocycles. The minimum atomic E-state index is -0.198. The predicted molar refractivity (Wildman–Crippen MR) is 108 cm³/mol. The van der Waals surface area contributed by atoms with E-state index in [1.165, 1.54) is 19.3 Å². The van der Waals surface area contributed by atoms with Crippen molar-refractivity contribution >= 4 is 23.5 Å². The number of pyridine rings is 1. The monoisotopic (exact) mass is 408 g/mol. The molecule has 1 aliphatic carbocycles. The van der Waals surface area contributed by atoms with Crippen LogP contribution in [0.2, 0.25) is 5.02 Å². The third-order valence-electron chi connectivity index (χ3n) is 5.37. The Balaban J connectivity index is 1.48. The fraction of sp³-hybridized carbons (Fsp3) is 0.650. The molecule has 2 N–H and O–H groups in total. The lowest BCUT2D eigenvalue weighted by Gasteiger charge is -2.33. The number of hydrogen-bond acceptors (Lipinski definition) is 4. The van der Waals surface area contributed by atoms with E-state index in [0.717, 1.165) is 12.8 Å². The van der Waals surface area contributed by atoms with Gasteiger partial charge in [0.15, 0.2) is 5.69 Å². The number of rotatable bonds is 5. The minimum Gasteiger partial charge on any atom is -0.478 e. The van der Waals surface area contributed by atoms with E-state index in [-0.39, 0.29) is 23.7 Å². The van der Waals surface area contributed by atoms with Gasteiger partial charge in [0, 0.05) is 31.2 Å². The molecule has 7 nitrogen and oxygen atoms in total. The molecule has 1 aromatic heterocycles. The molecule has 1 aromatic rings. The van der Waals surface area contributed by atoms with Gasteiger partial charge in [-0.05, 0) is 38.7 Å². The third kappa shape index (κ3) is 5.50. The second-order valence-corrected chi connectivity index (χ2v) is 7.84. The van der Waals surface area contributed by atoms with Crippen molar-refractivity contribution in [1.82, 2.24) is 20.5 Å². The van der Waals surface area contributed by atoms with Crippen LogP contribution < -0.4 is 15.4 Å². The van der Waals surface area contributed by atoms with Gasteiger partial charge in [-0.1, -0.05) is 30.9 Å². The highest BCUT2D eigenvalue weighted by Crippen LogP contribution is 2.22. The number of aromatic nitrogens is 1. The Morgan fingerprint density at radius 1 is 1.11 bits per heavy atom. The Morgan fingerprint density at radius 3 is 2.39 bits per heavy atom. The largest absolute Gasteiger partial charge is 0.478 e. The third-order valence-corrected chi connectivity index (χ3v) is 5.68. The number of carbonyl (C=O) groups is 2. The smallest absolute Gasteiger partial charge is 0.315 e. The van der Waals surface area contributed by atoms with Gasteiger partial charge in [-0.2, -0.15) is 0 Å². The zero-order chi connectivity index (χ0) is 19.9. The Hall–Kier alpha value is -2.02. The summed E-state index contributed by atoms with van der Waals surface area (Å²) in [5, 5.41) is 6.45. The summed E-state index contributed by atoms with van der Waals surface area (Å²) in [6.07, 6.45) is 7.20. The number of nitrogens with zero attached hydrogens (tertiary/aromatic N) is 2. The van der Waals surface area contributed by atoms with Crippen molar-refractivity contribution in [2.45, 2.75) is 64.0 Å². The molecule has 3 rings (SSSR count). The number of carbonyl (C=O) groups excluding carboxylic acids is 2. The van der Waals surface area contributed by atoms with Crippen molar-refractivity contribution in [3.05, 3.63) is 22.8 Å². The van der Waals surface area contributed by atoms with E-state index in [2.05, 4.69) is 15.6 Å². The van der Waals surface area contributed by atoms with E-state index in [1.54, 1.807) is 17.0 Å². The molecule has 0 bridgehead atoms. The molecule has 0 aromatic carbocycles. The summed E-state index contributed by atoms with van der Waals surface area (Å²) in [4.78, 5) is 31.0. The van der Waals surface area contributed by atoms with Gasteiger partial charge >= 0.3 is 6.03 Å². The average molecular weight is 409 g/mol. The van der Waals surface area contributed by atoms with Crippen LogP contribution in [-0.4, -0.2) is 53.6 Å². The molecule has 0 atom stereocenters. The fourth-order valence-corrected chi connectivity index (χ4v) is 4.02. The SMILES string of the molecule is CCOc1ccc(Cl)c(C(=O)N2CCC(NC(=O)NC3CCCCC3)CC2)n1. The zero-order valence-corrected chi connectivity index (χ0v) is 17.1. The lowest BCUT2D eigenvalue weighted by Crippen LogP contribution is -2.51. The van der Waals surface area contributed by atoms with Crippen LogP contribution in [0.25, 0.3) is 0 Å². The first-order valence-electron chi connectivity index (χ1n) is 10.2. The Kier molecular flexibility index (Phi) is 7.36. The summed E-state index contributed by atoms with van der Waals surface area (Å²) in [5.41, 5.74) is 0.217. The van der Waals surface area contributed by atoms with Gasteiger partial charge in [-0.25, -0.2) is 9.78 Å². The lowest BCUT2D eigenvalue weighted by molar-refractivity contribution is 0.0701. The molecule has 8 heteroatoms. The molecule has 1 aliphatic heterocycles. The summed E-state index contributed by atoms with van der Waals surface area (Å²) in [6.45, 7) is 3.45. The van der Waals surface area contributed by atoms with E-state index < -0.39 is 0 Å². The molecule has 28 heavy (non-hydrogen) atoms. The first-order chi connectivity index (χ1) is 13.6. The van der Waals surface area contributed by atoms with Crippen LogP contribution in [0.3, 0.4) is 0 Å². The van der Waals surface area contributed by atoms with Crippen LogP contribution in [0.5, 0.6) is 5.88 Å². The summed E-state index contributed by atoms with van der Waals surface area (Å²) >= 11 is 6.17. The van der Waals surface area contributed by atoms with Gasteiger partial charge in [0.05, 0.1) is 11.6 Å². The molecule has 1 saturated carbocycles. The van der Waals surface area contributed by atoms with Crippen molar-refractivity contribution in [3.63, 3.8) is 0 Å². The average Bonchev–Trinajstić information content (AvgIpc) is 2.70. The van der Waals surface area contributed by atoms with Gasteiger partial charge in [0.2, 0.25) is 5.88 Å². The molecule has 0 unspecified atom stereocenters. The molecule has 0 radical (unpaired) electrons. The highest BCUT2D eigenvalue weighted by atomic mass is 35.5. The normalized spacial score (nSPS) is 18.6. The van der Waals surface area contributed by atoms with Gasteiger partial charge in [-0.15, -0.1) is 0 Å². The standard InChI is InChI=1S/C20H29ClN4O3/c1-2-28-17-9-8-16(21)18(24-17)19(26)25-12-10-15(11-13-25)23-20(27)22-14-6-4-3-5-7-14/h8-9,14-15H,2-7,10-13H2,1H3,(H2,22,23,27). The van der Waals surface area contributed by atoms with E-state index in [1.807, 2.05) is 6.92 Å². The molecule has 154 valence electrons. The summed E-state index contributed by atoms with van der Waals surface area (Å²) in [5.74, 6) is 0.197. The quantitative estimate of drug-likeness (QED) is 0.782. The zero-order valence-electron chi connectivity index (χ0n) is 16.4. The summed E-state index contributed by atoms with van der Waals surface area (Å²) < 4.78 is 5.37. The number of halogens is 1. The predicted octanol–water partition coefficient (Wildman–Crippen LogP) is 3.37. The number of ether oxygens (including phenoxy) is 1. The van der Waals surface area contributed by atoms with Crippen molar-refractivity contribution in [3.8, 4) is 5.88 Å². The molecular weight excluding hydrogens is 380 g/mol. The number of piperidine rings is 1. The maximum atomic E-state index is 12.8. The number of hydrogen-bond donors (Lipinski definition) is 2. The molecule has 2 heterocycles. The lowest BCUT2D eigenvalue weighted by atomic mass is 9.96. The molecular formula is C20H29ClN4O3. The minimum absolute atomic E-state index is 0.0748. The maximum Gasteiger partial charge on any atom is 0.315 e. The van der Waals surface area contributed by atoms with Crippen molar-refractivity contribution in [1.29, 1.82) is 0 Å². The van der Waals surface area contributed by atoms with Crippen LogP contribution in [0.15, 0.2) is 12.1 Å². The van der Waals surface area contributed by atoms with Crippen LogP contribution in [0, 0.1) is 0 Å². The van der Waals surface area contributed by atoms with Crippen LogP contribution >= 0.6 is 11.6 Å². The second-order valence-electron chi connectivity index (χ2n) is 7.43. The molecule has 0 spiro atoms. The Morgan fingerprint density at radius 2 is 1.75 bits per heavy atom. The highest BCUT2D eigenvalue weighted by molar-refractivity contribution is 6.33. The maximum absolute atomic E-state index is 12.8. The van der Waals surface area contributed by atoms with E-state index in [4.69, 9.17) is 16.3 Å². The topological polar surface area (TPSA) is 83.6 Å². The van der Waals surface area contributed by atoms with E-state index in [9.17, 15) is 9.59 Å². The van der Waals surface area contributed by atoms with Crippen molar-refractivity contribution in [2.75, 3.05) is 19.7 Å². The number of nitrogens with one attached hydrogen (secondary N) is 2. The van der Waals surface area contributed by atoms with Crippen LogP contribution in [0.1, 0.15) is 62.4 Å². The van der Waals surface area contributed by atoms with Crippen molar-refractivity contribution in [2.24, 2.45) is 0 Å². The van der Waals surface area contributed by atoms with E-state index >= 15 is 0 Å². The van der Waals surface area contributed by atoms with Gasteiger partial charge in [-0.3, -0.25) is 4.79 Å². The number of amides is 3. The molecule has 2 aliphatic rings. The fourth-order valence-electron chi connectivity index (χ4n) is 3.84. The second kappa shape index (κ2) is 9.96. The highest BCUT2D eigenvalue weighted by Gasteiger charge is 2.27. The van der Waals surface area contributed by atoms with Gasteiger partial charge < -0.3 is 20.3 Å². The first kappa shape index (κ1) is 20.7. The van der Waals surface area contributed by atoms with Gasteiger partial charge in [0.25, 0.3) is 5.91 Å². The Bertz CT molecular complexity index is 686. The van der Waals surface area contributed by atoms with E-state index in [0.29, 0.717) is 49.5 Å². The number of urea groups is 1.